The monoisotopic (exact) mass is 210 g/mol. The molecule has 0 aromatic rings. The molecule has 0 atom stereocenters. The van der Waals surface area contributed by atoms with Crippen molar-refractivity contribution in [3.8, 4) is 0 Å². The fourth-order valence-electron chi connectivity index (χ4n) is 3.24. The first-order valence-corrected chi connectivity index (χ1v) is 6.68. The van der Waals surface area contributed by atoms with Gasteiger partial charge in [-0.2, -0.15) is 0 Å². The zero-order valence-electron chi connectivity index (χ0n) is 10.4. The fourth-order valence-corrected chi connectivity index (χ4v) is 3.24. The molecule has 0 spiro atoms. The minimum Gasteiger partial charge on any atom is -0.315 e. The summed E-state index contributed by atoms with van der Waals surface area (Å²) in [6.07, 6.45) is 8.55. The van der Waals surface area contributed by atoms with Gasteiger partial charge in [-0.05, 0) is 39.7 Å². The van der Waals surface area contributed by atoms with Gasteiger partial charge >= 0.3 is 0 Å². The van der Waals surface area contributed by atoms with Gasteiger partial charge in [0.15, 0.2) is 0 Å². The lowest BCUT2D eigenvalue weighted by Gasteiger charge is -2.44. The van der Waals surface area contributed by atoms with E-state index in [1.54, 1.807) is 0 Å². The molecule has 1 saturated carbocycles. The second-order valence-corrected chi connectivity index (χ2v) is 5.83. The molecule has 1 N–H and O–H groups in total. The lowest BCUT2D eigenvalue weighted by atomic mass is 9.90. The van der Waals surface area contributed by atoms with Crippen LogP contribution >= 0.6 is 0 Å². The Morgan fingerprint density at radius 2 is 1.80 bits per heavy atom. The maximum absolute atomic E-state index is 3.56. The summed E-state index contributed by atoms with van der Waals surface area (Å²) in [5.74, 6) is 0. The normalized spacial score (nSPS) is 30.0. The van der Waals surface area contributed by atoms with Gasteiger partial charge in [-0.15, -0.1) is 0 Å². The molecule has 0 aromatic carbocycles. The van der Waals surface area contributed by atoms with Crippen LogP contribution in [0.3, 0.4) is 0 Å². The Hall–Kier alpha value is -0.0800. The largest absolute Gasteiger partial charge is 0.315 e. The minimum absolute atomic E-state index is 0.360. The molecule has 0 radical (unpaired) electrons. The summed E-state index contributed by atoms with van der Waals surface area (Å²) in [4.78, 5) is 2.78. The third kappa shape index (κ3) is 2.73. The Bertz CT molecular complexity index is 195. The van der Waals surface area contributed by atoms with E-state index in [4.69, 9.17) is 0 Å². The summed E-state index contributed by atoms with van der Waals surface area (Å²) in [6.45, 7) is 8.46. The van der Waals surface area contributed by atoms with E-state index in [9.17, 15) is 0 Å². The van der Waals surface area contributed by atoms with Crippen molar-refractivity contribution in [3.63, 3.8) is 0 Å². The first-order chi connectivity index (χ1) is 7.20. The first kappa shape index (κ1) is 11.4. The molecule has 2 rings (SSSR count). The summed E-state index contributed by atoms with van der Waals surface area (Å²) in [7, 11) is 0. The van der Waals surface area contributed by atoms with Crippen LogP contribution in [0.2, 0.25) is 0 Å². The highest BCUT2D eigenvalue weighted by Gasteiger charge is 2.33. The predicted octanol–water partition coefficient (Wildman–Crippen LogP) is 2.39. The Kier molecular flexibility index (Phi) is 3.68. The molecule has 0 amide bonds. The molecule has 1 aliphatic heterocycles. The van der Waals surface area contributed by atoms with Crippen LogP contribution in [0.15, 0.2) is 0 Å². The smallest absolute Gasteiger partial charge is 0.0280 e. The standard InChI is InChI=1S/C13H26N2/c1-13(2)11-14-9-6-10-15(13)12-7-4-3-5-8-12/h12,14H,3-11H2,1-2H3. The molecule has 1 saturated heterocycles. The molecular weight excluding hydrogens is 184 g/mol. The minimum atomic E-state index is 0.360. The maximum atomic E-state index is 3.56. The van der Waals surface area contributed by atoms with Crippen molar-refractivity contribution in [1.29, 1.82) is 0 Å². The van der Waals surface area contributed by atoms with Gasteiger partial charge in [-0.25, -0.2) is 0 Å². The lowest BCUT2D eigenvalue weighted by Crippen LogP contribution is -2.53. The summed E-state index contributed by atoms with van der Waals surface area (Å²) in [6, 6.07) is 0.869. The van der Waals surface area contributed by atoms with E-state index < -0.39 is 0 Å². The van der Waals surface area contributed by atoms with Gasteiger partial charge in [-0.1, -0.05) is 19.3 Å². The number of nitrogens with zero attached hydrogens (tertiary/aromatic N) is 1. The van der Waals surface area contributed by atoms with Gasteiger partial charge in [0.1, 0.15) is 0 Å². The third-order valence-electron chi connectivity index (χ3n) is 4.10. The van der Waals surface area contributed by atoms with E-state index in [-0.39, 0.29) is 0 Å². The topological polar surface area (TPSA) is 15.3 Å². The highest BCUT2D eigenvalue weighted by molar-refractivity contribution is 4.91. The molecule has 15 heavy (non-hydrogen) atoms. The van der Waals surface area contributed by atoms with E-state index >= 15 is 0 Å². The van der Waals surface area contributed by atoms with E-state index in [2.05, 4.69) is 24.1 Å². The molecule has 2 aliphatic rings. The molecule has 1 aliphatic carbocycles. The summed E-state index contributed by atoms with van der Waals surface area (Å²) in [5.41, 5.74) is 0.360. The van der Waals surface area contributed by atoms with Gasteiger partial charge < -0.3 is 5.32 Å². The van der Waals surface area contributed by atoms with E-state index in [0.717, 1.165) is 12.6 Å². The van der Waals surface area contributed by atoms with E-state index in [0.29, 0.717) is 5.54 Å². The second kappa shape index (κ2) is 4.84. The Balaban J connectivity index is 2.02. The number of nitrogens with one attached hydrogen (secondary N) is 1. The van der Waals surface area contributed by atoms with E-state index in [1.165, 1.54) is 51.6 Å². The molecule has 2 heteroatoms. The van der Waals surface area contributed by atoms with Gasteiger partial charge in [0.25, 0.3) is 0 Å². The molecule has 0 bridgehead atoms. The van der Waals surface area contributed by atoms with Gasteiger partial charge in [0.2, 0.25) is 0 Å². The van der Waals surface area contributed by atoms with Crippen molar-refractivity contribution in [2.24, 2.45) is 0 Å². The SMILES string of the molecule is CC1(C)CNCCCN1C1CCCCC1. The van der Waals surface area contributed by atoms with Crippen LogP contribution in [-0.4, -0.2) is 36.1 Å². The molecule has 2 nitrogen and oxygen atoms in total. The van der Waals surface area contributed by atoms with Crippen LogP contribution in [0.25, 0.3) is 0 Å². The van der Waals surface area contributed by atoms with Crippen molar-refractivity contribution in [3.05, 3.63) is 0 Å². The predicted molar refractivity (Wildman–Crippen MR) is 65.1 cm³/mol. The molecule has 0 aromatic heterocycles. The van der Waals surface area contributed by atoms with Crippen LogP contribution in [0.5, 0.6) is 0 Å². The van der Waals surface area contributed by atoms with Crippen LogP contribution in [0.4, 0.5) is 0 Å². The van der Waals surface area contributed by atoms with Gasteiger partial charge in [0.05, 0.1) is 0 Å². The lowest BCUT2D eigenvalue weighted by molar-refractivity contribution is 0.0589. The highest BCUT2D eigenvalue weighted by Crippen LogP contribution is 2.29. The fraction of sp³-hybridized carbons (Fsp3) is 1.00. The van der Waals surface area contributed by atoms with Crippen molar-refractivity contribution in [2.45, 2.75) is 64.0 Å². The van der Waals surface area contributed by atoms with Crippen molar-refractivity contribution in [2.75, 3.05) is 19.6 Å². The zero-order valence-corrected chi connectivity index (χ0v) is 10.4. The Labute approximate surface area is 94.4 Å². The Morgan fingerprint density at radius 1 is 1.07 bits per heavy atom. The number of hydrogen-bond acceptors (Lipinski definition) is 2. The van der Waals surface area contributed by atoms with Crippen molar-refractivity contribution >= 4 is 0 Å². The van der Waals surface area contributed by atoms with Crippen LogP contribution in [0, 0.1) is 0 Å². The molecule has 2 fully saturated rings. The van der Waals surface area contributed by atoms with E-state index in [1.807, 2.05) is 0 Å². The summed E-state index contributed by atoms with van der Waals surface area (Å²) >= 11 is 0. The quantitative estimate of drug-likeness (QED) is 0.715. The highest BCUT2D eigenvalue weighted by atomic mass is 15.2. The summed E-state index contributed by atoms with van der Waals surface area (Å²) in [5, 5.41) is 3.56. The van der Waals surface area contributed by atoms with Crippen molar-refractivity contribution < 1.29 is 0 Å². The summed E-state index contributed by atoms with van der Waals surface area (Å²) < 4.78 is 0. The Morgan fingerprint density at radius 3 is 2.53 bits per heavy atom. The third-order valence-corrected chi connectivity index (χ3v) is 4.10. The maximum Gasteiger partial charge on any atom is 0.0280 e. The van der Waals surface area contributed by atoms with Crippen LogP contribution < -0.4 is 5.32 Å². The zero-order chi connectivity index (χ0) is 10.7. The van der Waals surface area contributed by atoms with Crippen LogP contribution in [-0.2, 0) is 0 Å². The molecule has 0 unspecified atom stereocenters. The number of hydrogen-bond donors (Lipinski definition) is 1. The first-order valence-electron chi connectivity index (χ1n) is 6.68. The average molecular weight is 210 g/mol. The molecule has 1 heterocycles. The van der Waals surface area contributed by atoms with Gasteiger partial charge in [0, 0.05) is 24.7 Å². The molecule has 88 valence electrons. The number of rotatable bonds is 1. The second-order valence-electron chi connectivity index (χ2n) is 5.83. The van der Waals surface area contributed by atoms with Crippen molar-refractivity contribution in [1.82, 2.24) is 10.2 Å². The van der Waals surface area contributed by atoms with Crippen LogP contribution in [0.1, 0.15) is 52.4 Å². The van der Waals surface area contributed by atoms with Gasteiger partial charge in [-0.3, -0.25) is 4.90 Å². The molecular formula is C13H26N2. The average Bonchev–Trinajstić information content (AvgIpc) is 2.40.